The first-order valence-electron chi connectivity index (χ1n) is 9.90. The van der Waals surface area contributed by atoms with Crippen molar-refractivity contribution >= 4 is 32.8 Å². The summed E-state index contributed by atoms with van der Waals surface area (Å²) >= 11 is 0. The van der Waals surface area contributed by atoms with Gasteiger partial charge >= 0.3 is 0 Å². The van der Waals surface area contributed by atoms with Crippen LogP contribution in [0.2, 0.25) is 0 Å². The summed E-state index contributed by atoms with van der Waals surface area (Å²) in [4.78, 5) is 16.2. The molecule has 6 heteroatoms. The molecule has 0 amide bonds. The number of H-pyrrole nitrogens is 2. The van der Waals surface area contributed by atoms with Crippen molar-refractivity contribution in [3.05, 3.63) is 83.9 Å². The minimum absolute atomic E-state index is 0.490. The molecule has 3 aromatic carbocycles. The third kappa shape index (κ3) is 2.79. The molecule has 0 radical (unpaired) electrons. The Morgan fingerprint density at radius 3 is 2.48 bits per heavy atom. The maximum Gasteiger partial charge on any atom is 0.159 e. The molecule has 6 aromatic rings. The van der Waals surface area contributed by atoms with Crippen molar-refractivity contribution in [2.24, 2.45) is 0 Å². The van der Waals surface area contributed by atoms with Crippen LogP contribution in [0, 0.1) is 18.6 Å². The van der Waals surface area contributed by atoms with E-state index < -0.39 is 11.6 Å². The van der Waals surface area contributed by atoms with Crippen molar-refractivity contribution in [2.75, 3.05) is 0 Å². The van der Waals surface area contributed by atoms with E-state index in [9.17, 15) is 8.78 Å². The number of aryl methyl sites for hydroxylation is 1. The maximum absolute atomic E-state index is 14.0. The van der Waals surface area contributed by atoms with Crippen LogP contribution in [0.3, 0.4) is 0 Å². The van der Waals surface area contributed by atoms with E-state index in [0.717, 1.165) is 44.5 Å². The van der Waals surface area contributed by atoms with Gasteiger partial charge in [0.1, 0.15) is 5.69 Å². The van der Waals surface area contributed by atoms with Gasteiger partial charge in [0.15, 0.2) is 17.5 Å². The lowest BCUT2D eigenvalue weighted by Gasteiger charge is -2.07. The van der Waals surface area contributed by atoms with E-state index in [0.29, 0.717) is 22.8 Å². The lowest BCUT2D eigenvalue weighted by atomic mass is 10.1. The van der Waals surface area contributed by atoms with E-state index in [1.54, 1.807) is 0 Å². The number of rotatable bonds is 2. The molecule has 0 spiro atoms. The Hall–Kier alpha value is -4.06. The Morgan fingerprint density at radius 1 is 0.742 bits per heavy atom. The van der Waals surface area contributed by atoms with Gasteiger partial charge in [-0.2, -0.15) is 0 Å². The highest BCUT2D eigenvalue weighted by Gasteiger charge is 2.17. The zero-order valence-corrected chi connectivity index (χ0v) is 16.5. The highest BCUT2D eigenvalue weighted by atomic mass is 19.2. The summed E-state index contributed by atoms with van der Waals surface area (Å²) in [5, 5.41) is 1.97. The van der Waals surface area contributed by atoms with Crippen LogP contribution in [0.25, 0.3) is 55.6 Å². The number of nitrogens with zero attached hydrogens (tertiary/aromatic N) is 2. The number of para-hydroxylation sites is 1. The Morgan fingerprint density at radius 2 is 1.61 bits per heavy atom. The Bertz CT molecular complexity index is 1630. The fourth-order valence-electron chi connectivity index (χ4n) is 4.06. The average molecular weight is 410 g/mol. The molecule has 6 rings (SSSR count). The van der Waals surface area contributed by atoms with E-state index in [1.165, 1.54) is 12.1 Å². The molecule has 4 nitrogen and oxygen atoms in total. The fraction of sp³-hybridized carbons (Fsp3) is 0.0400. The average Bonchev–Trinajstić information content (AvgIpc) is 3.36. The molecule has 0 fully saturated rings. The van der Waals surface area contributed by atoms with Crippen LogP contribution in [0.4, 0.5) is 8.78 Å². The minimum atomic E-state index is -0.909. The molecule has 0 saturated heterocycles. The number of aromatic nitrogens is 4. The fourth-order valence-corrected chi connectivity index (χ4v) is 4.06. The predicted molar refractivity (Wildman–Crippen MR) is 119 cm³/mol. The summed E-state index contributed by atoms with van der Waals surface area (Å²) in [5.41, 5.74) is 6.27. The Balaban J connectivity index is 1.68. The first kappa shape index (κ1) is 17.8. The first-order valence-corrected chi connectivity index (χ1v) is 9.90. The van der Waals surface area contributed by atoms with Crippen molar-refractivity contribution in [3.8, 4) is 22.8 Å². The standard InChI is InChI=1S/C25H16F2N4/c1-13-6-9-20-21(10-13)31-25(30-20)22-12-16-15-4-2-3-5-19(15)28-24(16)23(29-22)14-7-8-17(26)18(27)11-14/h2-12,28H,1H3,(H,30,31). The molecule has 0 saturated carbocycles. The van der Waals surface area contributed by atoms with Gasteiger partial charge < -0.3 is 9.97 Å². The first-order chi connectivity index (χ1) is 15.1. The van der Waals surface area contributed by atoms with Gasteiger partial charge in [0, 0.05) is 21.9 Å². The molecule has 3 heterocycles. The van der Waals surface area contributed by atoms with Crippen molar-refractivity contribution in [1.29, 1.82) is 0 Å². The van der Waals surface area contributed by atoms with Crippen molar-refractivity contribution < 1.29 is 8.78 Å². The summed E-state index contributed by atoms with van der Waals surface area (Å²) in [7, 11) is 0. The van der Waals surface area contributed by atoms with Crippen molar-refractivity contribution in [1.82, 2.24) is 19.9 Å². The highest BCUT2D eigenvalue weighted by molar-refractivity contribution is 6.12. The second-order valence-electron chi connectivity index (χ2n) is 7.68. The van der Waals surface area contributed by atoms with Crippen LogP contribution in [-0.2, 0) is 0 Å². The van der Waals surface area contributed by atoms with Crippen molar-refractivity contribution in [2.45, 2.75) is 6.92 Å². The van der Waals surface area contributed by atoms with Gasteiger partial charge in [-0.25, -0.2) is 18.7 Å². The zero-order valence-electron chi connectivity index (χ0n) is 16.5. The second-order valence-corrected chi connectivity index (χ2v) is 7.68. The van der Waals surface area contributed by atoms with Gasteiger partial charge in [0.05, 0.1) is 22.2 Å². The molecule has 0 aliphatic carbocycles. The molecule has 2 N–H and O–H groups in total. The molecule has 31 heavy (non-hydrogen) atoms. The molecular formula is C25H16F2N4. The minimum Gasteiger partial charge on any atom is -0.353 e. The quantitative estimate of drug-likeness (QED) is 0.342. The molecule has 0 aliphatic heterocycles. The van der Waals surface area contributed by atoms with Crippen LogP contribution < -0.4 is 0 Å². The molecule has 0 atom stereocenters. The van der Waals surface area contributed by atoms with Gasteiger partial charge in [-0.3, -0.25) is 0 Å². The monoisotopic (exact) mass is 410 g/mol. The topological polar surface area (TPSA) is 57.4 Å². The molecule has 3 aromatic heterocycles. The summed E-state index contributed by atoms with van der Waals surface area (Å²) < 4.78 is 27.6. The largest absolute Gasteiger partial charge is 0.353 e. The molecular weight excluding hydrogens is 394 g/mol. The maximum atomic E-state index is 14.0. The van der Waals surface area contributed by atoms with Gasteiger partial charge in [-0.05, 0) is 55.0 Å². The third-order valence-corrected chi connectivity index (χ3v) is 5.57. The van der Waals surface area contributed by atoms with Crippen LogP contribution in [0.5, 0.6) is 0 Å². The summed E-state index contributed by atoms with van der Waals surface area (Å²) in [5.74, 6) is -1.18. The van der Waals surface area contributed by atoms with E-state index in [4.69, 9.17) is 9.97 Å². The molecule has 0 unspecified atom stereocenters. The Labute approximate surface area is 175 Å². The summed E-state index contributed by atoms with van der Waals surface area (Å²) in [6.45, 7) is 2.03. The van der Waals surface area contributed by atoms with Crippen molar-refractivity contribution in [3.63, 3.8) is 0 Å². The summed E-state index contributed by atoms with van der Waals surface area (Å²) in [6, 6.07) is 19.7. The van der Waals surface area contributed by atoms with Gasteiger partial charge in [-0.1, -0.05) is 24.3 Å². The second kappa shape index (κ2) is 6.47. The number of hydrogen-bond donors (Lipinski definition) is 2. The van der Waals surface area contributed by atoms with Gasteiger partial charge in [0.2, 0.25) is 0 Å². The van der Waals surface area contributed by atoms with E-state index in [2.05, 4.69) is 9.97 Å². The number of nitrogens with one attached hydrogen (secondary N) is 2. The van der Waals surface area contributed by atoms with E-state index in [1.807, 2.05) is 55.5 Å². The highest BCUT2D eigenvalue weighted by Crippen LogP contribution is 2.35. The normalized spacial score (nSPS) is 11.7. The number of halogens is 2. The van der Waals surface area contributed by atoms with E-state index >= 15 is 0 Å². The third-order valence-electron chi connectivity index (χ3n) is 5.57. The number of benzene rings is 3. The smallest absolute Gasteiger partial charge is 0.159 e. The number of aromatic amines is 2. The van der Waals surface area contributed by atoms with Crippen LogP contribution >= 0.6 is 0 Å². The lowest BCUT2D eigenvalue weighted by Crippen LogP contribution is -1.93. The van der Waals surface area contributed by atoms with Gasteiger partial charge in [0.25, 0.3) is 0 Å². The SMILES string of the molecule is Cc1ccc2nc(-c3cc4c([nH]c5ccccc54)c(-c4ccc(F)c(F)c4)n3)[nH]c2c1. The lowest BCUT2D eigenvalue weighted by molar-refractivity contribution is 0.509. The molecule has 0 bridgehead atoms. The molecule has 150 valence electrons. The van der Waals surface area contributed by atoms with E-state index in [-0.39, 0.29) is 0 Å². The summed E-state index contributed by atoms with van der Waals surface area (Å²) in [6.07, 6.45) is 0. The number of imidazole rings is 1. The zero-order chi connectivity index (χ0) is 21.1. The number of hydrogen-bond acceptors (Lipinski definition) is 2. The van der Waals surface area contributed by atoms with Crippen LogP contribution in [0.1, 0.15) is 5.56 Å². The van der Waals surface area contributed by atoms with Gasteiger partial charge in [-0.15, -0.1) is 0 Å². The number of fused-ring (bicyclic) bond motifs is 4. The number of pyridine rings is 1. The van der Waals surface area contributed by atoms with Crippen LogP contribution in [-0.4, -0.2) is 19.9 Å². The predicted octanol–water partition coefficient (Wildman–Crippen LogP) is 6.51. The molecule has 0 aliphatic rings. The Kier molecular flexibility index (Phi) is 3.71. The van der Waals surface area contributed by atoms with Crippen LogP contribution in [0.15, 0.2) is 66.7 Å².